The van der Waals surface area contributed by atoms with E-state index in [2.05, 4.69) is 43.9 Å². The molecule has 2 aromatic carbocycles. The molecule has 0 saturated carbocycles. The van der Waals surface area contributed by atoms with Crippen molar-refractivity contribution in [1.82, 2.24) is 0 Å². The molecular formula is C26H30O2. The number of carbonyl (C=O) groups excluding carboxylic acids is 1. The first-order valence-electron chi connectivity index (χ1n) is 9.62. The molecule has 0 aliphatic heterocycles. The van der Waals surface area contributed by atoms with Crippen molar-refractivity contribution in [2.24, 2.45) is 0 Å². The van der Waals surface area contributed by atoms with Gasteiger partial charge in [-0.2, -0.15) is 0 Å². The van der Waals surface area contributed by atoms with E-state index in [4.69, 9.17) is 4.74 Å². The van der Waals surface area contributed by atoms with Crippen LogP contribution in [0, 0.1) is 18.8 Å². The molecule has 0 amide bonds. The van der Waals surface area contributed by atoms with Gasteiger partial charge in [-0.15, -0.1) is 0 Å². The molecule has 1 aliphatic carbocycles. The van der Waals surface area contributed by atoms with Crippen LogP contribution in [0.4, 0.5) is 0 Å². The van der Waals surface area contributed by atoms with Crippen LogP contribution in [0.1, 0.15) is 54.2 Å². The highest BCUT2D eigenvalue weighted by Crippen LogP contribution is 2.11. The van der Waals surface area contributed by atoms with Crippen molar-refractivity contribution in [3.63, 3.8) is 0 Å². The van der Waals surface area contributed by atoms with E-state index < -0.39 is 0 Å². The van der Waals surface area contributed by atoms with Crippen LogP contribution in [-0.2, 0) is 4.74 Å². The molecular weight excluding hydrogens is 344 g/mol. The number of aryl methyl sites for hydroxylation is 1. The van der Waals surface area contributed by atoms with Crippen LogP contribution >= 0.6 is 0 Å². The predicted octanol–water partition coefficient (Wildman–Crippen LogP) is 6.14. The summed E-state index contributed by atoms with van der Waals surface area (Å²) in [6.07, 6.45) is 8.55. The van der Waals surface area contributed by atoms with Crippen molar-refractivity contribution in [3.8, 4) is 11.8 Å². The van der Waals surface area contributed by atoms with Gasteiger partial charge < -0.3 is 4.74 Å². The molecule has 0 radical (unpaired) electrons. The summed E-state index contributed by atoms with van der Waals surface area (Å²) in [4.78, 5) is 10.5. The first-order valence-corrected chi connectivity index (χ1v) is 9.62. The zero-order chi connectivity index (χ0) is 20.8. The predicted molar refractivity (Wildman–Crippen MR) is 119 cm³/mol. The average molecular weight is 375 g/mol. The lowest BCUT2D eigenvalue weighted by Gasteiger charge is -2.11. The van der Waals surface area contributed by atoms with Crippen LogP contribution in [-0.4, -0.2) is 19.5 Å². The van der Waals surface area contributed by atoms with Crippen molar-refractivity contribution < 1.29 is 9.53 Å². The lowest BCUT2D eigenvalue weighted by atomic mass is 10.1. The quantitative estimate of drug-likeness (QED) is 0.466. The third-order valence-corrected chi connectivity index (χ3v) is 4.00. The van der Waals surface area contributed by atoms with Gasteiger partial charge in [0.25, 0.3) is 0 Å². The van der Waals surface area contributed by atoms with E-state index in [-0.39, 0.29) is 0 Å². The number of rotatable bonds is 2. The molecule has 0 N–H and O–H groups in total. The van der Waals surface area contributed by atoms with Crippen LogP contribution in [0.2, 0.25) is 0 Å². The number of hydrogen-bond donors (Lipinski definition) is 0. The lowest BCUT2D eigenvalue weighted by molar-refractivity contribution is 0.112. The van der Waals surface area contributed by atoms with E-state index in [9.17, 15) is 4.79 Å². The van der Waals surface area contributed by atoms with Gasteiger partial charge in [0, 0.05) is 23.8 Å². The minimum absolute atomic E-state index is 0.314. The second-order valence-corrected chi connectivity index (χ2v) is 6.17. The van der Waals surface area contributed by atoms with Crippen molar-refractivity contribution in [3.05, 3.63) is 94.6 Å². The molecule has 3 rings (SSSR count). The summed E-state index contributed by atoms with van der Waals surface area (Å²) in [6, 6.07) is 15.3. The Kier molecular flexibility index (Phi) is 11.0. The Bertz CT molecular complexity index is 829. The van der Waals surface area contributed by atoms with Crippen LogP contribution in [0.15, 0.2) is 72.3 Å². The number of ether oxygens (including phenoxy) is 1. The number of benzene rings is 2. The molecule has 0 spiro atoms. The molecule has 0 aromatic heterocycles. The lowest BCUT2D eigenvalue weighted by Crippen LogP contribution is -2.07. The summed E-state index contributed by atoms with van der Waals surface area (Å²) in [6.45, 7) is 8.15. The van der Waals surface area contributed by atoms with Gasteiger partial charge in [0.15, 0.2) is 0 Å². The Morgan fingerprint density at radius 1 is 0.929 bits per heavy atom. The maximum absolute atomic E-state index is 10.5. The van der Waals surface area contributed by atoms with E-state index in [1.54, 1.807) is 19.2 Å². The number of carbonyl (C=O) groups is 1. The van der Waals surface area contributed by atoms with E-state index >= 15 is 0 Å². The fraction of sp³-hybridized carbons (Fsp3) is 0.269. The standard InChI is InChI=1S/C16H12O.C8H12O.C2H6/c1-13-2-4-14(5-3-13)6-7-15-8-10-16(12-17)11-9-15;1-7-3-5-8(9-2)6-4-7;1-2/h2-5,8-12H,1H3;3-5,8H,6H2,1-2H3;1-2H3. The number of hydrogen-bond acceptors (Lipinski definition) is 2. The van der Waals surface area contributed by atoms with Crippen LogP contribution in [0.3, 0.4) is 0 Å². The summed E-state index contributed by atoms with van der Waals surface area (Å²) in [5, 5.41) is 0. The van der Waals surface area contributed by atoms with Crippen LogP contribution in [0.25, 0.3) is 0 Å². The first kappa shape index (κ1) is 23.1. The molecule has 0 bridgehead atoms. The Balaban J connectivity index is 0.000000301. The van der Waals surface area contributed by atoms with E-state index in [0.29, 0.717) is 11.7 Å². The SMILES string of the molecule is CC.COC1C=CC(C)=CC1.Cc1ccc(C#Cc2ccc(C=O)cc2)cc1. The van der Waals surface area contributed by atoms with Gasteiger partial charge >= 0.3 is 0 Å². The second kappa shape index (κ2) is 13.3. The minimum atomic E-state index is 0.314. The number of allylic oxidation sites excluding steroid dienone is 2. The van der Waals surface area contributed by atoms with E-state index in [1.807, 2.05) is 50.2 Å². The highest BCUT2D eigenvalue weighted by molar-refractivity contribution is 5.74. The number of methoxy groups -OCH3 is 1. The molecule has 1 atom stereocenters. The Labute approximate surface area is 169 Å². The maximum Gasteiger partial charge on any atom is 0.150 e. The third kappa shape index (κ3) is 8.66. The summed E-state index contributed by atoms with van der Waals surface area (Å²) in [5.74, 6) is 6.15. The van der Waals surface area contributed by atoms with Crippen molar-refractivity contribution >= 4 is 6.29 Å². The van der Waals surface area contributed by atoms with Crippen molar-refractivity contribution in [2.45, 2.75) is 40.2 Å². The topological polar surface area (TPSA) is 26.3 Å². The monoisotopic (exact) mass is 374 g/mol. The zero-order valence-corrected chi connectivity index (χ0v) is 17.5. The molecule has 0 heterocycles. The van der Waals surface area contributed by atoms with E-state index in [1.165, 1.54) is 11.1 Å². The fourth-order valence-corrected chi connectivity index (χ4v) is 2.31. The molecule has 0 fully saturated rings. The molecule has 0 saturated heterocycles. The molecule has 1 aliphatic rings. The molecule has 2 aromatic rings. The summed E-state index contributed by atoms with van der Waals surface area (Å²) >= 11 is 0. The van der Waals surface area contributed by atoms with Gasteiger partial charge in [-0.1, -0.05) is 79.3 Å². The highest BCUT2D eigenvalue weighted by atomic mass is 16.5. The summed E-state index contributed by atoms with van der Waals surface area (Å²) in [7, 11) is 1.74. The van der Waals surface area contributed by atoms with Crippen molar-refractivity contribution in [1.29, 1.82) is 0 Å². The van der Waals surface area contributed by atoms with Crippen LogP contribution in [0.5, 0.6) is 0 Å². The molecule has 146 valence electrons. The van der Waals surface area contributed by atoms with Crippen LogP contribution < -0.4 is 0 Å². The van der Waals surface area contributed by atoms with Gasteiger partial charge in [0.1, 0.15) is 6.29 Å². The van der Waals surface area contributed by atoms with Gasteiger partial charge in [0.2, 0.25) is 0 Å². The smallest absolute Gasteiger partial charge is 0.150 e. The Morgan fingerprint density at radius 3 is 1.89 bits per heavy atom. The first-order chi connectivity index (χ1) is 13.6. The number of aldehydes is 1. The van der Waals surface area contributed by atoms with Gasteiger partial charge in [-0.3, -0.25) is 4.79 Å². The second-order valence-electron chi connectivity index (χ2n) is 6.17. The summed E-state index contributed by atoms with van der Waals surface area (Å²) in [5.41, 5.74) is 5.14. The normalized spacial score (nSPS) is 14.2. The largest absolute Gasteiger partial charge is 0.377 e. The average Bonchev–Trinajstić information content (AvgIpc) is 2.76. The van der Waals surface area contributed by atoms with Gasteiger partial charge in [-0.05, 0) is 44.5 Å². The highest BCUT2D eigenvalue weighted by Gasteiger charge is 2.03. The van der Waals surface area contributed by atoms with E-state index in [0.717, 1.165) is 23.8 Å². The molecule has 1 unspecified atom stereocenters. The Hall–Kier alpha value is -2.89. The Morgan fingerprint density at radius 2 is 1.46 bits per heavy atom. The molecule has 28 heavy (non-hydrogen) atoms. The molecule has 2 nitrogen and oxygen atoms in total. The third-order valence-electron chi connectivity index (χ3n) is 4.00. The summed E-state index contributed by atoms with van der Waals surface area (Å²) < 4.78 is 5.11. The zero-order valence-electron chi connectivity index (χ0n) is 17.5. The van der Waals surface area contributed by atoms with Gasteiger partial charge in [0.05, 0.1) is 6.10 Å². The minimum Gasteiger partial charge on any atom is -0.377 e. The van der Waals surface area contributed by atoms with Crippen molar-refractivity contribution in [2.75, 3.05) is 7.11 Å². The maximum atomic E-state index is 10.5. The fourth-order valence-electron chi connectivity index (χ4n) is 2.31. The van der Waals surface area contributed by atoms with Gasteiger partial charge in [-0.25, -0.2) is 0 Å². The molecule has 2 heteroatoms.